The van der Waals surface area contributed by atoms with E-state index in [0.717, 1.165) is 76.9 Å². The number of anilines is 1. The Balaban J connectivity index is 0.000000827. The molecule has 5 heterocycles. The quantitative estimate of drug-likeness (QED) is 0.0831. The molecule has 3 aliphatic heterocycles. The third-order valence-corrected chi connectivity index (χ3v) is 12.8. The third-order valence-electron chi connectivity index (χ3n) is 11.6. The van der Waals surface area contributed by atoms with Gasteiger partial charge >= 0.3 is 80.5 Å². The van der Waals surface area contributed by atoms with Gasteiger partial charge in [0.2, 0.25) is 18.7 Å². The van der Waals surface area contributed by atoms with Crippen LogP contribution in [-0.4, -0.2) is 93.1 Å². The molecular formula is C47H73CsN7O5S+. The van der Waals surface area contributed by atoms with Crippen LogP contribution < -0.4 is 84.8 Å². The number of amides is 4. The van der Waals surface area contributed by atoms with Gasteiger partial charge in [-0.05, 0) is 55.9 Å². The smallest absolute Gasteiger partial charge is 0.371 e. The van der Waals surface area contributed by atoms with Crippen LogP contribution in [-0.2, 0) is 26.2 Å². The van der Waals surface area contributed by atoms with Crippen molar-refractivity contribution in [2.45, 2.75) is 124 Å². The van der Waals surface area contributed by atoms with Gasteiger partial charge in [0.15, 0.2) is 0 Å². The number of imide groups is 1. The number of hydrogen-bond donors (Lipinski definition) is 1. The molecule has 0 spiro atoms. The number of carbonyl (C=O) groups excluding carboxylic acids is 4. The zero-order valence-corrected chi connectivity index (χ0v) is 46.1. The number of hydrogen-bond acceptors (Lipinski definition) is 8. The van der Waals surface area contributed by atoms with Crippen LogP contribution in [0.25, 0.3) is 11.0 Å². The molecule has 4 amide bonds. The molecule has 3 aromatic rings. The second-order valence-corrected chi connectivity index (χ2v) is 16.3. The number of likely N-dealkylation sites (tertiary alicyclic amines) is 2. The number of piperidine rings is 1. The van der Waals surface area contributed by atoms with Crippen LogP contribution in [0.15, 0.2) is 41.5 Å². The summed E-state index contributed by atoms with van der Waals surface area (Å²) in [6, 6.07) is 6.96. The Morgan fingerprint density at radius 1 is 1.00 bits per heavy atom. The molecule has 0 radical (unpaired) electrons. The Hall–Kier alpha value is -2.36. The number of carbonyl (C=O) groups is 4. The number of unbranched alkanes of at least 4 members (excludes halogenated alkanes) is 1. The number of pyridine rings is 1. The first kappa shape index (κ1) is 56.7. The van der Waals surface area contributed by atoms with Crippen molar-refractivity contribution in [3.63, 3.8) is 0 Å². The Kier molecular flexibility index (Phi) is 27.8. The first-order chi connectivity index (χ1) is 28.6. The van der Waals surface area contributed by atoms with Gasteiger partial charge in [0.25, 0.3) is 0 Å². The molecule has 1 atom stereocenters. The van der Waals surface area contributed by atoms with Crippen LogP contribution >= 0.6 is 11.9 Å². The first-order valence-electron chi connectivity index (χ1n) is 21.9. The number of rotatable bonds is 13. The van der Waals surface area contributed by atoms with E-state index < -0.39 is 11.9 Å². The molecule has 61 heavy (non-hydrogen) atoms. The minimum absolute atomic E-state index is 0. The Bertz CT molecular complexity index is 1920. The fourth-order valence-corrected chi connectivity index (χ4v) is 8.87. The first-order valence-corrected chi connectivity index (χ1v) is 23.1. The molecule has 3 saturated heterocycles. The van der Waals surface area contributed by atoms with Crippen molar-refractivity contribution in [3.05, 3.63) is 65.7 Å². The van der Waals surface area contributed by atoms with Gasteiger partial charge < -0.3 is 17.2 Å². The summed E-state index contributed by atoms with van der Waals surface area (Å²) in [6.45, 7) is 17.9. The molecule has 1 unspecified atom stereocenters. The maximum atomic E-state index is 13.1. The summed E-state index contributed by atoms with van der Waals surface area (Å²) < 4.78 is 3.68. The SMILES string of the molecule is CC.CCC(=O)[N+]1(SC)CCCC1.CCCC.CCCC(C(=O)NC=O)n1c(=O)n(C)c2cc(C#CCCC3CCN(c4ccncc4C4CN(C=O)C4)CC3)ccc21.[CH3-].[Cs+]. The predicted molar refractivity (Wildman–Crippen MR) is 247 cm³/mol. The number of imidazole rings is 1. The normalized spacial score (nSPS) is 15.9. The molecule has 6 rings (SSSR count). The second kappa shape index (κ2) is 29.9. The standard InChI is InChI=1S/C32H38N6O4.C8H16NOS.C4H10.C2H6.CH3.Cs/c1-3-6-29(31(41)34-21-39)38-28-10-9-24(17-30(28)35(2)32(38)42)8-5-4-7-23-12-15-37(16-13-23)27-11-14-33-18-26(27)25-19-36(20-25)22-40;1-3-8(10)9(11-2)6-4-5-7-9;1-3-4-2;1-2;;/h9-11,14,17-18,21-23,25,29H,3-4,6-7,12-13,15-16,19-20H2,1-2H3,(H,34,39,41);3-7H2,1-2H3;3-4H2,1-2H3;1-2H3;1H3;/q;+1;;;-1;+1. The van der Waals surface area contributed by atoms with Crippen molar-refractivity contribution in [2.75, 3.05) is 50.4 Å². The zero-order chi connectivity index (χ0) is 43.4. The van der Waals surface area contributed by atoms with Crippen molar-refractivity contribution < 1.29 is 92.0 Å². The van der Waals surface area contributed by atoms with E-state index in [1.54, 1.807) is 23.9 Å². The van der Waals surface area contributed by atoms with E-state index in [1.807, 2.05) is 64.5 Å². The molecule has 332 valence electrons. The van der Waals surface area contributed by atoms with Gasteiger partial charge in [0.05, 0.1) is 42.5 Å². The molecule has 1 aromatic carbocycles. The molecule has 3 aliphatic rings. The van der Waals surface area contributed by atoms with Crippen molar-refractivity contribution in [3.8, 4) is 11.8 Å². The average Bonchev–Trinajstić information content (AvgIpc) is 3.85. The van der Waals surface area contributed by atoms with E-state index in [4.69, 9.17) is 0 Å². The largest absolute Gasteiger partial charge is 1.00 e. The average molecular weight is 981 g/mol. The van der Waals surface area contributed by atoms with Crippen molar-refractivity contribution in [1.82, 2.24) is 24.3 Å². The van der Waals surface area contributed by atoms with Crippen molar-refractivity contribution in [1.29, 1.82) is 0 Å². The van der Waals surface area contributed by atoms with E-state index >= 15 is 0 Å². The van der Waals surface area contributed by atoms with Crippen LogP contribution in [0.1, 0.15) is 135 Å². The molecular weight excluding hydrogens is 908 g/mol. The van der Waals surface area contributed by atoms with Crippen LogP contribution in [0, 0.1) is 25.2 Å². The van der Waals surface area contributed by atoms with Gasteiger partial charge in [-0.1, -0.05) is 72.6 Å². The van der Waals surface area contributed by atoms with Gasteiger partial charge in [0, 0.05) is 93.9 Å². The fourth-order valence-electron chi connectivity index (χ4n) is 7.92. The molecule has 3 fully saturated rings. The van der Waals surface area contributed by atoms with Gasteiger partial charge in [-0.3, -0.25) is 33.8 Å². The number of aromatic nitrogens is 3. The minimum atomic E-state index is -0.754. The van der Waals surface area contributed by atoms with E-state index in [9.17, 15) is 24.0 Å². The van der Waals surface area contributed by atoms with Gasteiger partial charge in [-0.15, -0.1) is 0 Å². The molecule has 2 aromatic heterocycles. The topological polar surface area (TPSA) is 127 Å². The minimum Gasteiger partial charge on any atom is -0.371 e. The van der Waals surface area contributed by atoms with E-state index in [-0.39, 0.29) is 82.0 Å². The summed E-state index contributed by atoms with van der Waals surface area (Å²) in [5.74, 6) is 7.49. The van der Waals surface area contributed by atoms with E-state index in [2.05, 4.69) is 47.0 Å². The number of nitrogens with one attached hydrogen (secondary N) is 1. The molecule has 0 aliphatic carbocycles. The maximum absolute atomic E-state index is 13.1. The summed E-state index contributed by atoms with van der Waals surface area (Å²) in [7, 11) is 1.69. The summed E-state index contributed by atoms with van der Waals surface area (Å²) in [6.07, 6.45) is 18.1. The van der Waals surface area contributed by atoms with Gasteiger partial charge in [-0.25, -0.2) is 9.59 Å². The number of benzene rings is 1. The van der Waals surface area contributed by atoms with E-state index in [1.165, 1.54) is 46.1 Å². The van der Waals surface area contributed by atoms with Crippen LogP contribution in [0.2, 0.25) is 0 Å². The monoisotopic (exact) mass is 980 g/mol. The third kappa shape index (κ3) is 15.4. The second-order valence-electron chi connectivity index (χ2n) is 15.3. The zero-order valence-electron chi connectivity index (χ0n) is 39.0. The molecule has 0 saturated carbocycles. The Morgan fingerprint density at radius 2 is 1.66 bits per heavy atom. The Morgan fingerprint density at radius 3 is 2.21 bits per heavy atom. The summed E-state index contributed by atoms with van der Waals surface area (Å²) in [5, 5.41) is 2.20. The van der Waals surface area contributed by atoms with E-state index in [0.29, 0.717) is 58.3 Å². The summed E-state index contributed by atoms with van der Waals surface area (Å²) >= 11 is 1.70. The number of aryl methyl sites for hydroxylation is 1. The number of nitrogens with zero attached hydrogens (tertiary/aromatic N) is 6. The maximum Gasteiger partial charge on any atom is 1.00 e. The van der Waals surface area contributed by atoms with Crippen LogP contribution in [0.3, 0.4) is 0 Å². The predicted octanol–water partition coefficient (Wildman–Crippen LogP) is 5.05. The van der Waals surface area contributed by atoms with Crippen molar-refractivity contribution in [2.24, 2.45) is 13.0 Å². The van der Waals surface area contributed by atoms with Crippen LogP contribution in [0.5, 0.6) is 0 Å². The summed E-state index contributed by atoms with van der Waals surface area (Å²) in [5.41, 5.74) is 4.38. The summed E-state index contributed by atoms with van der Waals surface area (Å²) in [4.78, 5) is 67.6. The molecule has 12 nitrogen and oxygen atoms in total. The number of quaternary nitrogens is 1. The van der Waals surface area contributed by atoms with Gasteiger partial charge in [0.1, 0.15) is 6.04 Å². The fraction of sp³-hybridized carbons (Fsp3) is 0.596. The molecule has 0 bridgehead atoms. The van der Waals surface area contributed by atoms with Gasteiger partial charge in [-0.2, -0.15) is 3.89 Å². The van der Waals surface area contributed by atoms with Crippen molar-refractivity contribution >= 4 is 53.3 Å². The number of fused-ring (bicyclic) bond motifs is 1. The molecule has 1 N–H and O–H groups in total. The Labute approximate surface area is 429 Å². The molecule has 14 heteroatoms. The van der Waals surface area contributed by atoms with Crippen LogP contribution in [0.4, 0.5) is 5.69 Å².